The van der Waals surface area contributed by atoms with Gasteiger partial charge in [0.1, 0.15) is 0 Å². The molecule has 1 aliphatic heterocycles. The third-order valence-electron chi connectivity index (χ3n) is 4.40. The molecule has 1 aromatic carbocycles. The van der Waals surface area contributed by atoms with E-state index in [-0.39, 0.29) is 5.91 Å². The first-order chi connectivity index (χ1) is 12.0. The molecule has 0 spiro atoms. The van der Waals surface area contributed by atoms with Gasteiger partial charge in [-0.2, -0.15) is 4.31 Å². The lowest BCUT2D eigenvalue weighted by molar-refractivity contribution is 0.0922. The van der Waals surface area contributed by atoms with Gasteiger partial charge >= 0.3 is 0 Å². The molecular formula is C18H22N2O4S. The van der Waals surface area contributed by atoms with Crippen LogP contribution in [0.3, 0.4) is 0 Å². The van der Waals surface area contributed by atoms with Gasteiger partial charge in [-0.3, -0.25) is 4.79 Å². The highest BCUT2D eigenvalue weighted by atomic mass is 32.2. The van der Waals surface area contributed by atoms with Gasteiger partial charge in [-0.1, -0.05) is 18.6 Å². The minimum absolute atomic E-state index is 0.285. The molecule has 1 fully saturated rings. The van der Waals surface area contributed by atoms with Crippen LogP contribution in [0.4, 0.5) is 0 Å². The Hall–Kier alpha value is -2.12. The molecule has 134 valence electrons. The van der Waals surface area contributed by atoms with E-state index in [0.29, 0.717) is 30.3 Å². The average Bonchev–Trinajstić information content (AvgIpc) is 3.07. The summed E-state index contributed by atoms with van der Waals surface area (Å²) < 4.78 is 31.9. The number of carbonyl (C=O) groups is 1. The van der Waals surface area contributed by atoms with Crippen LogP contribution in [0, 0.1) is 6.92 Å². The second-order valence-electron chi connectivity index (χ2n) is 6.22. The topological polar surface area (TPSA) is 79.6 Å². The highest BCUT2D eigenvalue weighted by Crippen LogP contribution is 2.21. The van der Waals surface area contributed by atoms with E-state index in [0.717, 1.165) is 30.4 Å². The molecule has 0 unspecified atom stereocenters. The van der Waals surface area contributed by atoms with Gasteiger partial charge in [-0.15, -0.1) is 0 Å². The second kappa shape index (κ2) is 7.41. The van der Waals surface area contributed by atoms with Crippen LogP contribution in [0.5, 0.6) is 0 Å². The van der Waals surface area contributed by atoms with Crippen LogP contribution >= 0.6 is 0 Å². The number of nitrogens with zero attached hydrogens (tertiary/aromatic N) is 1. The van der Waals surface area contributed by atoms with Crippen molar-refractivity contribution in [1.82, 2.24) is 9.62 Å². The van der Waals surface area contributed by atoms with E-state index >= 15 is 0 Å². The summed E-state index contributed by atoms with van der Waals surface area (Å²) >= 11 is 0. The van der Waals surface area contributed by atoms with Gasteiger partial charge in [0.15, 0.2) is 5.76 Å². The zero-order chi connectivity index (χ0) is 17.9. The minimum Gasteiger partial charge on any atom is -0.459 e. The smallest absolute Gasteiger partial charge is 0.287 e. The fourth-order valence-electron chi connectivity index (χ4n) is 2.90. The number of carbonyl (C=O) groups excluding carboxylic acids is 1. The lowest BCUT2D eigenvalue weighted by Crippen LogP contribution is -2.35. The third-order valence-corrected chi connectivity index (χ3v) is 6.31. The van der Waals surface area contributed by atoms with E-state index in [4.69, 9.17) is 4.42 Å². The molecule has 0 bridgehead atoms. The molecule has 2 aromatic rings. The first-order valence-electron chi connectivity index (χ1n) is 8.40. The number of rotatable bonds is 5. The van der Waals surface area contributed by atoms with E-state index in [2.05, 4.69) is 5.32 Å². The Morgan fingerprint density at radius 1 is 1.12 bits per heavy atom. The van der Waals surface area contributed by atoms with Crippen molar-refractivity contribution in [2.24, 2.45) is 0 Å². The number of furan rings is 1. The monoisotopic (exact) mass is 362 g/mol. The number of piperidine rings is 1. The molecule has 0 saturated carbocycles. The van der Waals surface area contributed by atoms with Crippen LogP contribution in [0.1, 0.15) is 40.9 Å². The summed E-state index contributed by atoms with van der Waals surface area (Å²) in [6.07, 6.45) is 4.38. The first kappa shape index (κ1) is 17.7. The quantitative estimate of drug-likeness (QED) is 0.887. The molecule has 1 aromatic heterocycles. The van der Waals surface area contributed by atoms with Gasteiger partial charge in [-0.25, -0.2) is 8.42 Å². The van der Waals surface area contributed by atoms with Gasteiger partial charge in [-0.05, 0) is 43.5 Å². The Labute approximate surface area is 147 Å². The van der Waals surface area contributed by atoms with E-state index in [1.807, 2.05) is 0 Å². The number of hydrogen-bond donors (Lipinski definition) is 1. The van der Waals surface area contributed by atoms with Gasteiger partial charge in [0.25, 0.3) is 5.91 Å². The van der Waals surface area contributed by atoms with E-state index in [1.165, 1.54) is 6.26 Å². The van der Waals surface area contributed by atoms with Crippen LogP contribution in [-0.2, 0) is 16.6 Å². The molecule has 1 amide bonds. The number of sulfonamides is 1. The molecule has 0 atom stereocenters. The summed E-state index contributed by atoms with van der Waals surface area (Å²) in [6, 6.07) is 8.39. The number of benzene rings is 1. The van der Waals surface area contributed by atoms with Gasteiger partial charge < -0.3 is 9.73 Å². The van der Waals surface area contributed by atoms with E-state index in [1.54, 1.807) is 41.6 Å². The van der Waals surface area contributed by atoms with Crippen molar-refractivity contribution in [2.75, 3.05) is 13.1 Å². The van der Waals surface area contributed by atoms with Gasteiger partial charge in [0, 0.05) is 25.2 Å². The average molecular weight is 362 g/mol. The standard InChI is InChI=1S/C18H22N2O4S/c1-14-9-12-24-17(14)18(21)19-13-15-5-7-16(8-6-15)25(22,23)20-10-3-2-4-11-20/h5-9,12H,2-4,10-11,13H2,1H3,(H,19,21). The number of hydrogen-bond acceptors (Lipinski definition) is 4. The van der Waals surface area contributed by atoms with Crippen molar-refractivity contribution in [1.29, 1.82) is 0 Å². The fourth-order valence-corrected chi connectivity index (χ4v) is 4.42. The summed E-state index contributed by atoms with van der Waals surface area (Å²) in [5, 5.41) is 2.77. The van der Waals surface area contributed by atoms with Gasteiger partial charge in [0.2, 0.25) is 10.0 Å². The lowest BCUT2D eigenvalue weighted by Gasteiger charge is -2.25. The highest BCUT2D eigenvalue weighted by molar-refractivity contribution is 7.89. The summed E-state index contributed by atoms with van der Waals surface area (Å²) in [5.74, 6) is 0.0109. The molecule has 0 aliphatic carbocycles. The maximum absolute atomic E-state index is 12.6. The number of nitrogens with one attached hydrogen (secondary N) is 1. The molecule has 1 aliphatic rings. The maximum Gasteiger partial charge on any atom is 0.287 e. The fraction of sp³-hybridized carbons (Fsp3) is 0.389. The molecular weight excluding hydrogens is 340 g/mol. The van der Waals surface area contributed by atoms with Gasteiger partial charge in [0.05, 0.1) is 11.2 Å². The molecule has 3 rings (SSSR count). The molecule has 6 nitrogen and oxygen atoms in total. The van der Waals surface area contributed by atoms with E-state index in [9.17, 15) is 13.2 Å². The molecule has 2 heterocycles. The van der Waals surface area contributed by atoms with E-state index < -0.39 is 10.0 Å². The molecule has 1 N–H and O–H groups in total. The Bertz CT molecular complexity index is 834. The zero-order valence-electron chi connectivity index (χ0n) is 14.2. The van der Waals surface area contributed by atoms with Crippen LogP contribution in [0.25, 0.3) is 0 Å². The number of aryl methyl sites for hydroxylation is 1. The van der Waals surface area contributed by atoms with Crippen molar-refractivity contribution in [2.45, 2.75) is 37.6 Å². The maximum atomic E-state index is 12.6. The Morgan fingerprint density at radius 2 is 1.80 bits per heavy atom. The zero-order valence-corrected chi connectivity index (χ0v) is 15.0. The second-order valence-corrected chi connectivity index (χ2v) is 8.16. The predicted molar refractivity (Wildman–Crippen MR) is 93.7 cm³/mol. The van der Waals surface area contributed by atoms with Crippen molar-refractivity contribution >= 4 is 15.9 Å². The van der Waals surface area contributed by atoms with Crippen LogP contribution in [-0.4, -0.2) is 31.7 Å². The summed E-state index contributed by atoms with van der Waals surface area (Å²) in [5.41, 5.74) is 1.61. The summed E-state index contributed by atoms with van der Waals surface area (Å²) in [6.45, 7) is 3.28. The van der Waals surface area contributed by atoms with Crippen molar-refractivity contribution in [3.05, 3.63) is 53.5 Å². The summed E-state index contributed by atoms with van der Waals surface area (Å²) in [4.78, 5) is 12.3. The largest absolute Gasteiger partial charge is 0.459 e. The minimum atomic E-state index is -3.42. The molecule has 1 saturated heterocycles. The Morgan fingerprint density at radius 3 is 2.40 bits per heavy atom. The first-order valence-corrected chi connectivity index (χ1v) is 9.84. The highest BCUT2D eigenvalue weighted by Gasteiger charge is 2.25. The summed E-state index contributed by atoms with van der Waals surface area (Å²) in [7, 11) is -3.42. The molecule has 0 radical (unpaired) electrons. The number of amides is 1. The van der Waals surface area contributed by atoms with Crippen molar-refractivity contribution in [3.8, 4) is 0 Å². The lowest BCUT2D eigenvalue weighted by atomic mass is 10.2. The van der Waals surface area contributed by atoms with Crippen LogP contribution in [0.2, 0.25) is 0 Å². The molecule has 25 heavy (non-hydrogen) atoms. The van der Waals surface area contributed by atoms with Crippen molar-refractivity contribution in [3.63, 3.8) is 0 Å². The Kier molecular flexibility index (Phi) is 5.24. The molecule has 7 heteroatoms. The SMILES string of the molecule is Cc1ccoc1C(=O)NCc1ccc(S(=O)(=O)N2CCCCC2)cc1. The van der Waals surface area contributed by atoms with Crippen LogP contribution < -0.4 is 5.32 Å². The predicted octanol–water partition coefficient (Wildman–Crippen LogP) is 2.69. The third kappa shape index (κ3) is 3.93. The van der Waals surface area contributed by atoms with Crippen LogP contribution in [0.15, 0.2) is 45.9 Å². The normalized spacial score (nSPS) is 15.9. The van der Waals surface area contributed by atoms with Crippen molar-refractivity contribution < 1.29 is 17.6 Å². The Balaban J connectivity index is 1.64.